The second-order valence-electron chi connectivity index (χ2n) is 7.93. The molecule has 1 saturated heterocycles. The Morgan fingerprint density at radius 1 is 1.09 bits per heavy atom. The third-order valence-electron chi connectivity index (χ3n) is 5.56. The SMILES string of the molecule is CSc1ccc(CNC=O)cc1.Cc1ccc(-n2cc3c(N4CCNCC4)ncnc3n2)cc1.[HH].[HH]. The smallest absolute Gasteiger partial charge is 0.207 e. The van der Waals surface area contributed by atoms with Crippen molar-refractivity contribution in [2.45, 2.75) is 18.4 Å². The summed E-state index contributed by atoms with van der Waals surface area (Å²) in [6.45, 7) is 6.58. The molecule has 1 fully saturated rings. The summed E-state index contributed by atoms with van der Waals surface area (Å²) < 4.78 is 1.88. The molecule has 0 spiro atoms. The lowest BCUT2D eigenvalue weighted by Gasteiger charge is -2.28. The Balaban J connectivity index is 0.000000282. The van der Waals surface area contributed by atoms with Crippen LogP contribution in [0.5, 0.6) is 0 Å². The third-order valence-corrected chi connectivity index (χ3v) is 6.30. The van der Waals surface area contributed by atoms with E-state index in [1.165, 1.54) is 10.5 Å². The van der Waals surface area contributed by atoms with Gasteiger partial charge in [-0.25, -0.2) is 14.6 Å². The van der Waals surface area contributed by atoms with Crippen LogP contribution in [0.1, 0.15) is 14.0 Å². The molecule has 0 unspecified atom stereocenters. The van der Waals surface area contributed by atoms with E-state index in [1.54, 1.807) is 18.1 Å². The molecule has 1 amide bonds. The van der Waals surface area contributed by atoms with Gasteiger partial charge in [-0.2, -0.15) is 0 Å². The van der Waals surface area contributed by atoms with Crippen LogP contribution in [-0.2, 0) is 11.3 Å². The number of carbonyl (C=O) groups is 1. The molecule has 0 saturated carbocycles. The molecule has 0 radical (unpaired) electrons. The lowest BCUT2D eigenvalue weighted by molar-refractivity contribution is -0.109. The monoisotopic (exact) mass is 479 g/mol. The van der Waals surface area contributed by atoms with Gasteiger partial charge in [0, 0.05) is 46.7 Å². The zero-order valence-electron chi connectivity index (χ0n) is 19.4. The van der Waals surface area contributed by atoms with E-state index < -0.39 is 0 Å². The molecule has 4 aromatic rings. The van der Waals surface area contributed by atoms with E-state index in [9.17, 15) is 4.79 Å². The van der Waals surface area contributed by atoms with E-state index in [0.29, 0.717) is 13.0 Å². The number of hydrogen-bond acceptors (Lipinski definition) is 7. The van der Waals surface area contributed by atoms with Gasteiger partial charge >= 0.3 is 0 Å². The maximum atomic E-state index is 9.99. The molecule has 5 rings (SSSR count). The van der Waals surface area contributed by atoms with Crippen molar-refractivity contribution < 1.29 is 7.65 Å². The van der Waals surface area contributed by atoms with Crippen LogP contribution in [0.25, 0.3) is 16.7 Å². The van der Waals surface area contributed by atoms with E-state index >= 15 is 0 Å². The van der Waals surface area contributed by atoms with Crippen molar-refractivity contribution in [1.82, 2.24) is 30.4 Å². The topological polar surface area (TPSA) is 88.0 Å². The van der Waals surface area contributed by atoms with Gasteiger partial charge in [0.05, 0.1) is 11.1 Å². The Kier molecular flexibility index (Phi) is 8.11. The predicted molar refractivity (Wildman–Crippen MR) is 142 cm³/mol. The van der Waals surface area contributed by atoms with Crippen LogP contribution in [0.15, 0.2) is 66.0 Å². The molecule has 2 N–H and O–H groups in total. The highest BCUT2D eigenvalue weighted by molar-refractivity contribution is 7.98. The average molecular weight is 480 g/mol. The summed E-state index contributed by atoms with van der Waals surface area (Å²) in [4.78, 5) is 22.3. The molecule has 0 bridgehead atoms. The molecule has 2 aromatic carbocycles. The van der Waals surface area contributed by atoms with Crippen LogP contribution in [0.2, 0.25) is 0 Å². The molecule has 0 atom stereocenters. The van der Waals surface area contributed by atoms with Gasteiger partial charge in [-0.3, -0.25) is 4.79 Å². The molecule has 34 heavy (non-hydrogen) atoms. The summed E-state index contributed by atoms with van der Waals surface area (Å²) in [6, 6.07) is 16.4. The van der Waals surface area contributed by atoms with E-state index in [1.807, 2.05) is 41.4 Å². The number of nitrogens with zero attached hydrogens (tertiary/aromatic N) is 5. The Morgan fingerprint density at radius 2 is 1.82 bits per heavy atom. The average Bonchev–Trinajstić information content (AvgIpc) is 3.34. The van der Waals surface area contributed by atoms with E-state index in [4.69, 9.17) is 0 Å². The highest BCUT2D eigenvalue weighted by Crippen LogP contribution is 2.23. The molecule has 2 aromatic heterocycles. The Labute approximate surface area is 206 Å². The number of anilines is 1. The van der Waals surface area contributed by atoms with Gasteiger partial charge in [0.15, 0.2) is 5.65 Å². The maximum Gasteiger partial charge on any atom is 0.207 e. The number of benzene rings is 2. The number of thioether (sulfide) groups is 1. The van der Waals surface area contributed by atoms with Crippen molar-refractivity contribution in [3.8, 4) is 5.69 Å². The zero-order valence-corrected chi connectivity index (χ0v) is 20.3. The first kappa shape index (κ1) is 23.7. The van der Waals surface area contributed by atoms with Gasteiger partial charge in [0.2, 0.25) is 6.41 Å². The van der Waals surface area contributed by atoms with Gasteiger partial charge < -0.3 is 15.5 Å². The second-order valence-corrected chi connectivity index (χ2v) is 8.81. The number of fused-ring (bicyclic) bond motifs is 1. The molecular weight excluding hydrogens is 446 g/mol. The minimum absolute atomic E-state index is 0. The maximum absolute atomic E-state index is 9.99. The van der Waals surface area contributed by atoms with Crippen molar-refractivity contribution in [3.05, 3.63) is 72.2 Å². The Morgan fingerprint density at radius 3 is 2.50 bits per heavy atom. The number of hydrogen-bond donors (Lipinski definition) is 2. The number of piperazine rings is 1. The number of nitrogens with one attached hydrogen (secondary N) is 2. The van der Waals surface area contributed by atoms with Crippen molar-refractivity contribution in [1.29, 1.82) is 0 Å². The van der Waals surface area contributed by atoms with Gasteiger partial charge in [0.1, 0.15) is 12.1 Å². The molecule has 0 aliphatic carbocycles. The summed E-state index contributed by atoms with van der Waals surface area (Å²) in [5.74, 6) is 0.977. The fourth-order valence-corrected chi connectivity index (χ4v) is 4.10. The van der Waals surface area contributed by atoms with Crippen molar-refractivity contribution in [3.63, 3.8) is 0 Å². The lowest BCUT2D eigenvalue weighted by Crippen LogP contribution is -2.43. The van der Waals surface area contributed by atoms with Gasteiger partial charge in [-0.05, 0) is 43.0 Å². The Hall–Kier alpha value is -3.43. The molecule has 3 heterocycles. The standard InChI is InChI=1S/C16H18N6.C9H11NOS.2H2/c1-12-2-4-13(5-3-12)22-10-14-15(20-22)18-11-19-16(14)21-8-6-17-7-9-21;1-12-9-4-2-8(3-5-9)6-10-7-11;;/h2-5,10-11,17H,6-9H2,1H3;2-5,7H,6H2,1H3,(H,10,11);2*1H. The van der Waals surface area contributed by atoms with Crippen LogP contribution >= 0.6 is 11.8 Å². The summed E-state index contributed by atoms with van der Waals surface area (Å²) in [5, 5.41) is 11.6. The van der Waals surface area contributed by atoms with Crippen LogP contribution in [0.3, 0.4) is 0 Å². The number of amides is 1. The van der Waals surface area contributed by atoms with E-state index in [0.717, 1.165) is 54.3 Å². The quantitative estimate of drug-likeness (QED) is 0.322. The normalized spacial score (nSPS) is 13.3. The van der Waals surface area contributed by atoms with Gasteiger partial charge in [0.25, 0.3) is 0 Å². The first-order valence-electron chi connectivity index (χ1n) is 11.2. The first-order chi connectivity index (χ1) is 16.7. The molecule has 8 nitrogen and oxygen atoms in total. The van der Waals surface area contributed by atoms with Crippen molar-refractivity contribution in [2.24, 2.45) is 0 Å². The van der Waals surface area contributed by atoms with Crippen LogP contribution in [0, 0.1) is 6.92 Å². The van der Waals surface area contributed by atoms with Crippen LogP contribution in [-0.4, -0.2) is 58.6 Å². The number of aromatic nitrogens is 4. The first-order valence-corrected chi connectivity index (χ1v) is 12.4. The molecule has 9 heteroatoms. The minimum atomic E-state index is 0. The van der Waals surface area contributed by atoms with Crippen LogP contribution < -0.4 is 15.5 Å². The molecular formula is C25H33N7OS. The van der Waals surface area contributed by atoms with E-state index in [-0.39, 0.29) is 2.85 Å². The number of carbonyl (C=O) groups excluding carboxylic acids is 1. The zero-order chi connectivity index (χ0) is 23.8. The summed E-state index contributed by atoms with van der Waals surface area (Å²) in [5.41, 5.74) is 4.14. The van der Waals surface area contributed by atoms with Gasteiger partial charge in [-0.1, -0.05) is 29.8 Å². The second kappa shape index (κ2) is 11.6. The summed E-state index contributed by atoms with van der Waals surface area (Å²) in [6.07, 6.45) is 6.38. The highest BCUT2D eigenvalue weighted by atomic mass is 32.2. The predicted octanol–water partition coefficient (Wildman–Crippen LogP) is 3.68. The molecule has 1 aliphatic heterocycles. The lowest BCUT2D eigenvalue weighted by atomic mass is 10.2. The third kappa shape index (κ3) is 5.92. The van der Waals surface area contributed by atoms with Crippen molar-refractivity contribution >= 4 is 35.0 Å². The summed E-state index contributed by atoms with van der Waals surface area (Å²) >= 11 is 1.71. The van der Waals surface area contributed by atoms with Crippen LogP contribution in [0.4, 0.5) is 5.82 Å². The molecule has 180 valence electrons. The van der Waals surface area contributed by atoms with Crippen molar-refractivity contribution in [2.75, 3.05) is 37.3 Å². The molecule has 1 aliphatic rings. The fourth-order valence-electron chi connectivity index (χ4n) is 3.69. The van der Waals surface area contributed by atoms with E-state index in [2.05, 4.69) is 61.8 Å². The summed E-state index contributed by atoms with van der Waals surface area (Å²) in [7, 11) is 0. The largest absolute Gasteiger partial charge is 0.355 e. The van der Waals surface area contributed by atoms with Gasteiger partial charge in [-0.15, -0.1) is 16.9 Å². The number of rotatable bonds is 6. The highest BCUT2D eigenvalue weighted by Gasteiger charge is 2.17. The Bertz CT molecular complexity index is 1210. The minimum Gasteiger partial charge on any atom is -0.355 e. The number of aryl methyl sites for hydroxylation is 1. The fraction of sp³-hybridized carbons (Fsp3) is 0.280.